The minimum Gasteiger partial charge on any atom is -0.507 e. The summed E-state index contributed by atoms with van der Waals surface area (Å²) in [7, 11) is 0. The molecule has 8 fully saturated rings. The molecule has 2 nitrogen and oxygen atoms in total. The maximum atomic E-state index is 12.2. The Morgan fingerprint density at radius 3 is 1.31 bits per heavy atom. The lowest BCUT2D eigenvalue weighted by atomic mass is 9.46. The minimum absolute atomic E-state index is 0.00396. The van der Waals surface area contributed by atoms with Crippen molar-refractivity contribution in [3.05, 3.63) is 35.4 Å². The van der Waals surface area contributed by atoms with E-state index in [9.17, 15) is 10.2 Å². The van der Waals surface area contributed by atoms with E-state index in [1.807, 2.05) is 0 Å². The molecule has 10 rings (SSSR count). The van der Waals surface area contributed by atoms with Gasteiger partial charge in [0, 0.05) is 27.3 Å². The van der Waals surface area contributed by atoms with Crippen LogP contribution in [0.5, 0.6) is 11.5 Å². The van der Waals surface area contributed by atoms with Gasteiger partial charge in [-0.05, 0) is 118 Å². The van der Waals surface area contributed by atoms with E-state index in [4.69, 9.17) is 0 Å². The minimum atomic E-state index is 0.00396. The van der Waals surface area contributed by atoms with Crippen LogP contribution in [-0.4, -0.2) is 10.2 Å². The number of phenols is 2. The number of fused-ring (bicyclic) bond motifs is 1. The van der Waals surface area contributed by atoms with Crippen LogP contribution in [0.2, 0.25) is 0 Å². The van der Waals surface area contributed by atoms with Gasteiger partial charge in [-0.25, -0.2) is 0 Å². The Bertz CT molecular complexity index is 1060. The highest BCUT2D eigenvalue weighted by Crippen LogP contribution is 2.67. The fourth-order valence-electron chi connectivity index (χ4n) is 11.3. The first-order valence-corrected chi connectivity index (χ1v) is 13.5. The molecule has 0 saturated heterocycles. The van der Waals surface area contributed by atoms with Gasteiger partial charge >= 0.3 is 0 Å². The van der Waals surface area contributed by atoms with Crippen LogP contribution in [0.1, 0.15) is 88.2 Å². The zero-order valence-electron chi connectivity index (χ0n) is 19.2. The molecule has 8 saturated carbocycles. The predicted octanol–water partition coefficient (Wildman–Crippen LogP) is 7.19. The highest BCUT2D eigenvalue weighted by Gasteiger charge is 2.57. The molecule has 2 aromatic rings. The Morgan fingerprint density at radius 1 is 0.500 bits per heavy atom. The lowest BCUT2D eigenvalue weighted by molar-refractivity contribution is -0.0103. The van der Waals surface area contributed by atoms with Crippen LogP contribution in [0.4, 0.5) is 0 Å². The van der Waals surface area contributed by atoms with Crippen molar-refractivity contribution in [1.82, 2.24) is 0 Å². The molecule has 0 atom stereocenters. The van der Waals surface area contributed by atoms with Crippen molar-refractivity contribution in [3.8, 4) is 11.5 Å². The van der Waals surface area contributed by atoms with Gasteiger partial charge in [-0.15, -0.1) is 0 Å². The summed E-state index contributed by atoms with van der Waals surface area (Å²) >= 11 is 0. The molecule has 0 unspecified atom stereocenters. The third kappa shape index (κ3) is 2.32. The largest absolute Gasteiger partial charge is 0.507 e. The maximum absolute atomic E-state index is 12.2. The van der Waals surface area contributed by atoms with E-state index in [2.05, 4.69) is 24.3 Å². The van der Waals surface area contributed by atoms with Crippen molar-refractivity contribution < 1.29 is 10.2 Å². The van der Waals surface area contributed by atoms with Crippen LogP contribution in [0, 0.1) is 35.5 Å². The van der Waals surface area contributed by atoms with Gasteiger partial charge in [0.1, 0.15) is 11.5 Å². The van der Waals surface area contributed by atoms with E-state index in [1.165, 1.54) is 82.6 Å². The number of hydrogen-bond acceptors (Lipinski definition) is 2. The van der Waals surface area contributed by atoms with E-state index in [0.717, 1.165) is 51.8 Å². The normalized spacial score (nSPS) is 45.8. The highest BCUT2D eigenvalue weighted by molar-refractivity contribution is 5.96. The Balaban J connectivity index is 1.39. The second kappa shape index (κ2) is 6.05. The molecule has 0 amide bonds. The summed E-state index contributed by atoms with van der Waals surface area (Å²) in [5.41, 5.74) is 2.35. The molecule has 8 bridgehead atoms. The van der Waals surface area contributed by atoms with E-state index >= 15 is 0 Å². The fourth-order valence-corrected chi connectivity index (χ4v) is 11.3. The number of benzene rings is 2. The average molecular weight is 429 g/mol. The van der Waals surface area contributed by atoms with Crippen molar-refractivity contribution in [2.75, 3.05) is 0 Å². The van der Waals surface area contributed by atoms with Gasteiger partial charge in [0.05, 0.1) is 0 Å². The fraction of sp³-hybridized carbons (Fsp3) is 0.667. The van der Waals surface area contributed by atoms with E-state index in [1.54, 1.807) is 0 Å². The van der Waals surface area contributed by atoms with Gasteiger partial charge in [-0.3, -0.25) is 0 Å². The van der Waals surface area contributed by atoms with Crippen molar-refractivity contribution in [1.29, 1.82) is 0 Å². The van der Waals surface area contributed by atoms with Crippen molar-refractivity contribution in [2.24, 2.45) is 35.5 Å². The number of phenolic OH excluding ortho intramolecular Hbond substituents is 2. The van der Waals surface area contributed by atoms with Gasteiger partial charge in [-0.1, -0.05) is 24.3 Å². The molecule has 0 radical (unpaired) electrons. The van der Waals surface area contributed by atoms with Crippen LogP contribution < -0.4 is 0 Å². The molecule has 8 aliphatic carbocycles. The monoisotopic (exact) mass is 428 g/mol. The van der Waals surface area contributed by atoms with Crippen LogP contribution >= 0.6 is 0 Å². The molecule has 0 spiro atoms. The van der Waals surface area contributed by atoms with Crippen molar-refractivity contribution in [2.45, 2.75) is 87.9 Å². The van der Waals surface area contributed by atoms with Crippen LogP contribution in [0.3, 0.4) is 0 Å². The molecule has 32 heavy (non-hydrogen) atoms. The molecule has 2 N–H and O–H groups in total. The van der Waals surface area contributed by atoms with Crippen molar-refractivity contribution >= 4 is 10.8 Å². The third-order valence-electron chi connectivity index (χ3n) is 11.3. The lowest BCUT2D eigenvalue weighted by Crippen LogP contribution is -2.50. The Morgan fingerprint density at radius 2 is 0.875 bits per heavy atom. The molecule has 0 aromatic heterocycles. The molecule has 8 aliphatic rings. The van der Waals surface area contributed by atoms with Gasteiger partial charge in [0.15, 0.2) is 0 Å². The Labute approximate surface area is 191 Å². The first-order chi connectivity index (χ1) is 15.5. The number of hydrogen-bond donors (Lipinski definition) is 2. The number of aromatic hydroxyl groups is 2. The average Bonchev–Trinajstić information content (AvgIpc) is 2.71. The van der Waals surface area contributed by atoms with Gasteiger partial charge in [0.2, 0.25) is 0 Å². The van der Waals surface area contributed by atoms with Crippen LogP contribution in [0.15, 0.2) is 24.3 Å². The highest BCUT2D eigenvalue weighted by atomic mass is 16.3. The summed E-state index contributed by atoms with van der Waals surface area (Å²) in [6.07, 6.45) is 15.7. The number of rotatable bonds is 2. The van der Waals surface area contributed by atoms with E-state index < -0.39 is 0 Å². The van der Waals surface area contributed by atoms with E-state index in [0.29, 0.717) is 11.5 Å². The molecule has 0 heterocycles. The zero-order valence-corrected chi connectivity index (χ0v) is 19.2. The quantitative estimate of drug-likeness (QED) is 0.531. The van der Waals surface area contributed by atoms with Crippen molar-refractivity contribution in [3.63, 3.8) is 0 Å². The van der Waals surface area contributed by atoms with Gasteiger partial charge in [-0.2, -0.15) is 0 Å². The Kier molecular flexibility index (Phi) is 3.53. The Hall–Kier alpha value is -1.70. The molecule has 2 aromatic carbocycles. The molecule has 2 heteroatoms. The summed E-state index contributed by atoms with van der Waals surface area (Å²) in [4.78, 5) is 0. The third-order valence-corrected chi connectivity index (χ3v) is 11.3. The summed E-state index contributed by atoms with van der Waals surface area (Å²) in [5.74, 6) is 5.86. The summed E-state index contributed by atoms with van der Waals surface area (Å²) in [6.45, 7) is 0. The molecule has 0 aliphatic heterocycles. The second-order valence-corrected chi connectivity index (χ2v) is 13.4. The predicted molar refractivity (Wildman–Crippen MR) is 127 cm³/mol. The zero-order chi connectivity index (χ0) is 21.2. The summed E-state index contributed by atoms with van der Waals surface area (Å²) < 4.78 is 0. The molecule has 168 valence electrons. The van der Waals surface area contributed by atoms with E-state index in [-0.39, 0.29) is 10.8 Å². The van der Waals surface area contributed by atoms with Gasteiger partial charge in [0.25, 0.3) is 0 Å². The second-order valence-electron chi connectivity index (χ2n) is 13.4. The first kappa shape index (κ1) is 18.7. The summed E-state index contributed by atoms with van der Waals surface area (Å²) in [6, 6.07) is 8.49. The van der Waals surface area contributed by atoms with Crippen LogP contribution in [-0.2, 0) is 10.8 Å². The topological polar surface area (TPSA) is 40.5 Å². The summed E-state index contributed by atoms with van der Waals surface area (Å²) in [5, 5.41) is 26.1. The smallest absolute Gasteiger partial charge is 0.130 e. The first-order valence-electron chi connectivity index (χ1n) is 13.5. The maximum Gasteiger partial charge on any atom is 0.130 e. The standard InChI is InChI=1S/C30H36O2/c31-27-24-4-2-1-3-23(24)25(29-11-17-5-18(12-29)7-19(6-17)13-29)28(32)26(27)30-14-20-8-21(15-30)10-22(9-20)16-30/h1-4,17-22,31-32H,5-16H2. The SMILES string of the molecule is Oc1c(C23CC4CC(CC(C4)C2)C3)c(O)c2ccccc2c1C12CC3CC(CC(C3)C1)C2. The van der Waals surface area contributed by atoms with Crippen LogP contribution in [0.25, 0.3) is 10.8 Å². The molecular formula is C30H36O2. The van der Waals surface area contributed by atoms with Gasteiger partial charge < -0.3 is 10.2 Å². The lowest BCUT2D eigenvalue weighted by Gasteiger charge is -2.59. The molecular weight excluding hydrogens is 392 g/mol.